The van der Waals surface area contributed by atoms with E-state index in [0.717, 1.165) is 18.0 Å². The minimum atomic E-state index is -4.42. The minimum absolute atomic E-state index is 0.0547. The average Bonchev–Trinajstić information content (AvgIpc) is 3.29. The Balaban J connectivity index is 1.37. The van der Waals surface area contributed by atoms with E-state index in [9.17, 15) is 18.0 Å². The van der Waals surface area contributed by atoms with Gasteiger partial charge in [-0.2, -0.15) is 18.3 Å². The van der Waals surface area contributed by atoms with Crippen LogP contribution in [0.25, 0.3) is 5.82 Å². The van der Waals surface area contributed by atoms with E-state index in [1.165, 1.54) is 12.4 Å². The van der Waals surface area contributed by atoms with Gasteiger partial charge in [0.2, 0.25) is 5.91 Å². The number of anilines is 1. The number of halogens is 3. The number of nitrogens with zero attached hydrogens (tertiary/aromatic N) is 6. The lowest BCUT2D eigenvalue weighted by atomic mass is 10.1. The molecule has 7 nitrogen and oxygen atoms in total. The Morgan fingerprint density at radius 1 is 1.00 bits per heavy atom. The molecule has 1 fully saturated rings. The Kier molecular flexibility index (Phi) is 5.39. The van der Waals surface area contributed by atoms with E-state index in [0.29, 0.717) is 37.6 Å². The number of hydrogen-bond donors (Lipinski definition) is 0. The van der Waals surface area contributed by atoms with Crippen LogP contribution in [0.5, 0.6) is 0 Å². The van der Waals surface area contributed by atoms with E-state index < -0.39 is 11.7 Å². The van der Waals surface area contributed by atoms with Crippen molar-refractivity contribution in [1.29, 1.82) is 0 Å². The van der Waals surface area contributed by atoms with Crippen LogP contribution < -0.4 is 4.90 Å². The molecule has 3 heterocycles. The summed E-state index contributed by atoms with van der Waals surface area (Å²) in [6.07, 6.45) is 0.447. The fourth-order valence-corrected chi connectivity index (χ4v) is 3.37. The molecule has 0 atom stereocenters. The normalized spacial score (nSPS) is 14.8. The lowest BCUT2D eigenvalue weighted by Crippen LogP contribution is -2.49. The van der Waals surface area contributed by atoms with Crippen LogP contribution in [0.3, 0.4) is 0 Å². The molecule has 0 aliphatic carbocycles. The summed E-state index contributed by atoms with van der Waals surface area (Å²) in [6, 6.07) is 8.54. The van der Waals surface area contributed by atoms with Crippen molar-refractivity contribution in [3.05, 3.63) is 66.2 Å². The molecular weight excluding hydrogens is 397 g/mol. The molecule has 30 heavy (non-hydrogen) atoms. The first-order valence-electron chi connectivity index (χ1n) is 9.41. The highest BCUT2D eigenvalue weighted by atomic mass is 19.4. The molecule has 1 aliphatic heterocycles. The van der Waals surface area contributed by atoms with Crippen LogP contribution in [0, 0.1) is 0 Å². The molecule has 1 amide bonds. The van der Waals surface area contributed by atoms with Crippen molar-refractivity contribution in [2.75, 3.05) is 31.1 Å². The Morgan fingerprint density at radius 2 is 1.77 bits per heavy atom. The lowest BCUT2D eigenvalue weighted by molar-refractivity contribution is -0.138. The number of rotatable bonds is 4. The fraction of sp³-hybridized carbons (Fsp3) is 0.300. The van der Waals surface area contributed by atoms with Crippen LogP contribution in [0.2, 0.25) is 0 Å². The lowest BCUT2D eigenvalue weighted by Gasteiger charge is -2.35. The van der Waals surface area contributed by atoms with Crippen molar-refractivity contribution in [3.8, 4) is 5.82 Å². The van der Waals surface area contributed by atoms with Gasteiger partial charge in [0.1, 0.15) is 12.1 Å². The third kappa shape index (κ3) is 4.42. The number of aromatic nitrogens is 4. The van der Waals surface area contributed by atoms with Gasteiger partial charge in [0, 0.05) is 44.6 Å². The van der Waals surface area contributed by atoms with Crippen LogP contribution in [0.1, 0.15) is 11.1 Å². The highest BCUT2D eigenvalue weighted by molar-refractivity contribution is 5.79. The second kappa shape index (κ2) is 8.13. The largest absolute Gasteiger partial charge is 0.416 e. The number of amides is 1. The predicted molar refractivity (Wildman–Crippen MR) is 103 cm³/mol. The summed E-state index contributed by atoms with van der Waals surface area (Å²) in [4.78, 5) is 24.8. The second-order valence-corrected chi connectivity index (χ2v) is 6.93. The van der Waals surface area contributed by atoms with Gasteiger partial charge in [0.05, 0.1) is 12.0 Å². The zero-order chi connectivity index (χ0) is 21.1. The maximum Gasteiger partial charge on any atom is 0.416 e. The molecule has 0 bridgehead atoms. The second-order valence-electron chi connectivity index (χ2n) is 6.93. The molecule has 10 heteroatoms. The Hall–Kier alpha value is -3.43. The molecular formula is C20H19F3N6O. The van der Waals surface area contributed by atoms with Crippen LogP contribution in [0.4, 0.5) is 19.0 Å². The van der Waals surface area contributed by atoms with Gasteiger partial charge in [-0.3, -0.25) is 4.79 Å². The predicted octanol–water partition coefficient (Wildman–Crippen LogP) is 2.57. The quantitative estimate of drug-likeness (QED) is 0.654. The fourth-order valence-electron chi connectivity index (χ4n) is 3.37. The van der Waals surface area contributed by atoms with Crippen molar-refractivity contribution >= 4 is 11.7 Å². The summed E-state index contributed by atoms with van der Waals surface area (Å²) >= 11 is 0. The van der Waals surface area contributed by atoms with Crippen molar-refractivity contribution in [2.45, 2.75) is 12.6 Å². The zero-order valence-corrected chi connectivity index (χ0v) is 16.0. The third-order valence-electron chi connectivity index (χ3n) is 4.94. The summed E-state index contributed by atoms with van der Waals surface area (Å²) in [5.41, 5.74) is -0.383. The standard InChI is InChI=1S/C20H19F3N6O/c21-20(22,23)16-4-1-3-15(11-16)12-19(30)28-9-7-27(8-10-28)17-13-18(25-14-24-17)29-6-2-5-26-29/h1-6,11,13-14H,7-10,12H2. The first kappa shape index (κ1) is 19.9. The molecule has 0 N–H and O–H groups in total. The van der Waals surface area contributed by atoms with Gasteiger partial charge < -0.3 is 9.80 Å². The molecule has 0 radical (unpaired) electrons. The maximum absolute atomic E-state index is 12.9. The van der Waals surface area contributed by atoms with E-state index in [-0.39, 0.29) is 12.3 Å². The topological polar surface area (TPSA) is 67.2 Å². The molecule has 2 aromatic heterocycles. The van der Waals surface area contributed by atoms with Gasteiger partial charge in [-0.05, 0) is 17.7 Å². The van der Waals surface area contributed by atoms with Crippen molar-refractivity contribution in [3.63, 3.8) is 0 Å². The summed E-state index contributed by atoms with van der Waals surface area (Å²) in [7, 11) is 0. The first-order chi connectivity index (χ1) is 14.4. The number of benzene rings is 1. The molecule has 156 valence electrons. The van der Waals surface area contributed by atoms with Crippen LogP contribution in [-0.4, -0.2) is 56.7 Å². The van der Waals surface area contributed by atoms with Crippen molar-refractivity contribution < 1.29 is 18.0 Å². The van der Waals surface area contributed by atoms with Gasteiger partial charge in [-0.1, -0.05) is 18.2 Å². The van der Waals surface area contributed by atoms with E-state index in [4.69, 9.17) is 0 Å². The van der Waals surface area contributed by atoms with Crippen LogP contribution in [-0.2, 0) is 17.4 Å². The molecule has 3 aromatic rings. The molecule has 0 unspecified atom stereocenters. The summed E-state index contributed by atoms with van der Waals surface area (Å²) in [5.74, 6) is 1.20. The number of carbonyl (C=O) groups excluding carboxylic acids is 1. The number of alkyl halides is 3. The Bertz CT molecular complexity index is 1010. The number of carbonyl (C=O) groups is 1. The number of piperazine rings is 1. The summed E-state index contributed by atoms with van der Waals surface area (Å²) < 4.78 is 40.2. The monoisotopic (exact) mass is 416 g/mol. The van der Waals surface area contributed by atoms with E-state index in [1.807, 2.05) is 11.0 Å². The van der Waals surface area contributed by atoms with Gasteiger partial charge in [0.25, 0.3) is 0 Å². The van der Waals surface area contributed by atoms with Crippen LogP contribution in [0.15, 0.2) is 55.1 Å². The molecule has 4 rings (SSSR count). The van der Waals surface area contributed by atoms with Gasteiger partial charge in [-0.25, -0.2) is 14.6 Å². The third-order valence-corrected chi connectivity index (χ3v) is 4.94. The SMILES string of the molecule is O=C(Cc1cccc(C(F)(F)F)c1)N1CCN(c2cc(-n3cccn3)ncn2)CC1. The van der Waals surface area contributed by atoms with Gasteiger partial charge >= 0.3 is 6.18 Å². The molecule has 1 saturated heterocycles. The summed E-state index contributed by atoms with van der Waals surface area (Å²) in [6.45, 7) is 2.09. The highest BCUT2D eigenvalue weighted by Gasteiger charge is 2.30. The average molecular weight is 416 g/mol. The number of hydrogen-bond acceptors (Lipinski definition) is 5. The zero-order valence-electron chi connectivity index (χ0n) is 16.0. The van der Waals surface area contributed by atoms with E-state index in [1.54, 1.807) is 34.1 Å². The molecule has 1 aromatic carbocycles. The van der Waals surface area contributed by atoms with Gasteiger partial charge in [0.15, 0.2) is 5.82 Å². The minimum Gasteiger partial charge on any atom is -0.353 e. The highest BCUT2D eigenvalue weighted by Crippen LogP contribution is 2.29. The smallest absolute Gasteiger partial charge is 0.353 e. The summed E-state index contributed by atoms with van der Waals surface area (Å²) in [5, 5.41) is 4.15. The van der Waals surface area contributed by atoms with Gasteiger partial charge in [-0.15, -0.1) is 0 Å². The van der Waals surface area contributed by atoms with Crippen molar-refractivity contribution in [2.24, 2.45) is 0 Å². The molecule has 0 saturated carbocycles. The molecule has 1 aliphatic rings. The van der Waals surface area contributed by atoms with E-state index >= 15 is 0 Å². The first-order valence-corrected chi connectivity index (χ1v) is 9.41. The van der Waals surface area contributed by atoms with E-state index in [2.05, 4.69) is 15.1 Å². The Labute approximate surface area is 170 Å². The molecule has 0 spiro atoms. The van der Waals surface area contributed by atoms with Crippen LogP contribution >= 0.6 is 0 Å². The Morgan fingerprint density at radius 3 is 2.47 bits per heavy atom. The maximum atomic E-state index is 12.9. The van der Waals surface area contributed by atoms with Crippen molar-refractivity contribution in [1.82, 2.24) is 24.6 Å².